The lowest BCUT2D eigenvalue weighted by Crippen LogP contribution is -2.51. The van der Waals surface area contributed by atoms with Crippen molar-refractivity contribution in [2.45, 2.75) is 45.4 Å². The Morgan fingerprint density at radius 3 is 2.77 bits per heavy atom. The second kappa shape index (κ2) is 13.6. The monoisotopic (exact) mass is 608 g/mol. The van der Waals surface area contributed by atoms with Crippen LogP contribution in [0.5, 0.6) is 0 Å². The van der Waals surface area contributed by atoms with Crippen molar-refractivity contribution in [2.24, 2.45) is 0 Å². The first-order valence-corrected chi connectivity index (χ1v) is 13.9. The summed E-state index contributed by atoms with van der Waals surface area (Å²) in [5, 5.41) is 9.10. The largest absolute Gasteiger partial charge is 0.345 e. The zero-order chi connectivity index (χ0) is 30.3. The summed E-state index contributed by atoms with van der Waals surface area (Å²) in [6.07, 6.45) is 8.62. The van der Waals surface area contributed by atoms with Gasteiger partial charge in [0.15, 0.2) is 5.82 Å². The first-order valence-electron chi connectivity index (χ1n) is 13.6. The van der Waals surface area contributed by atoms with Gasteiger partial charge >= 0.3 is 6.03 Å². The summed E-state index contributed by atoms with van der Waals surface area (Å²) in [6, 6.07) is 11.0. The van der Waals surface area contributed by atoms with Crippen LogP contribution in [-0.4, -0.2) is 60.1 Å². The standard InChI is InChI=1S/C29H30ClFN8O4/c1-20(40)39(33-15-22-7-4-8-25(31)28(22)30)24(9-10-27(41)36-13-14-38-19-32-34-26(38)17-36)18-43-35-29(42)37-12-11-21-5-2-3-6-23(21)16-37/h2-8,11-14,19,24,33H,9-10,15-18H2,1H3,(H,35,42)/t24-/m0/s1. The third-order valence-corrected chi connectivity index (χ3v) is 7.50. The highest BCUT2D eigenvalue weighted by Crippen LogP contribution is 2.21. The molecule has 0 fully saturated rings. The van der Waals surface area contributed by atoms with Crippen LogP contribution < -0.4 is 10.9 Å². The van der Waals surface area contributed by atoms with Crippen LogP contribution in [0.3, 0.4) is 0 Å². The van der Waals surface area contributed by atoms with Gasteiger partial charge in [-0.25, -0.2) is 20.1 Å². The van der Waals surface area contributed by atoms with Gasteiger partial charge in [-0.1, -0.05) is 48.0 Å². The summed E-state index contributed by atoms with van der Waals surface area (Å²) < 4.78 is 15.7. The van der Waals surface area contributed by atoms with E-state index in [0.717, 1.165) is 11.1 Å². The molecule has 0 radical (unpaired) electrons. The molecule has 3 heterocycles. The minimum atomic E-state index is -0.691. The van der Waals surface area contributed by atoms with Crippen molar-refractivity contribution in [2.75, 3.05) is 6.61 Å². The van der Waals surface area contributed by atoms with E-state index in [4.69, 9.17) is 16.4 Å². The van der Waals surface area contributed by atoms with Crippen molar-refractivity contribution >= 4 is 41.7 Å². The van der Waals surface area contributed by atoms with E-state index in [1.165, 1.54) is 33.9 Å². The zero-order valence-electron chi connectivity index (χ0n) is 23.3. The number of benzene rings is 2. The molecule has 0 bridgehead atoms. The SMILES string of the molecule is CC(=O)N(NCc1cccc(F)c1Cl)[C@@H](CCC(=O)N1C=Cn2cnnc2C1)CONC(=O)N1C=Cc2ccccc2C1. The Kier molecular flexibility index (Phi) is 9.45. The summed E-state index contributed by atoms with van der Waals surface area (Å²) in [7, 11) is 0. The number of hydrogen-bond acceptors (Lipinski definition) is 7. The van der Waals surface area contributed by atoms with Gasteiger partial charge in [0.2, 0.25) is 11.8 Å². The molecule has 5 rings (SSSR count). The molecule has 2 N–H and O–H groups in total. The lowest BCUT2D eigenvalue weighted by atomic mass is 10.0. The number of hydroxylamine groups is 1. The molecule has 43 heavy (non-hydrogen) atoms. The van der Waals surface area contributed by atoms with Crippen molar-refractivity contribution in [1.29, 1.82) is 0 Å². The molecule has 0 saturated heterocycles. The first kappa shape index (κ1) is 29.9. The van der Waals surface area contributed by atoms with Crippen molar-refractivity contribution in [3.05, 3.63) is 94.5 Å². The number of aromatic nitrogens is 3. The Balaban J connectivity index is 1.23. The van der Waals surface area contributed by atoms with Crippen LogP contribution in [0.4, 0.5) is 9.18 Å². The Labute approximate surface area is 252 Å². The maximum atomic E-state index is 14.0. The summed E-state index contributed by atoms with van der Waals surface area (Å²) in [6.45, 7) is 1.87. The Morgan fingerprint density at radius 1 is 1.09 bits per heavy atom. The average Bonchev–Trinajstić information content (AvgIpc) is 3.49. The normalized spacial score (nSPS) is 14.2. The van der Waals surface area contributed by atoms with Crippen molar-refractivity contribution in [1.82, 2.24) is 40.5 Å². The summed E-state index contributed by atoms with van der Waals surface area (Å²) in [4.78, 5) is 47.2. The summed E-state index contributed by atoms with van der Waals surface area (Å²) >= 11 is 6.11. The molecular formula is C29H30ClFN8O4. The van der Waals surface area contributed by atoms with E-state index in [1.807, 2.05) is 30.3 Å². The van der Waals surface area contributed by atoms with Gasteiger partial charge in [-0.2, -0.15) is 0 Å². The highest BCUT2D eigenvalue weighted by Gasteiger charge is 2.26. The van der Waals surface area contributed by atoms with Crippen LogP contribution in [-0.2, 0) is 34.1 Å². The quantitative estimate of drug-likeness (QED) is 0.337. The topological polar surface area (TPSA) is 125 Å². The predicted molar refractivity (Wildman–Crippen MR) is 155 cm³/mol. The number of carbonyl (C=O) groups excluding carboxylic acids is 3. The smallest absolute Gasteiger partial charge is 0.310 e. The lowest BCUT2D eigenvalue weighted by molar-refractivity contribution is -0.139. The van der Waals surface area contributed by atoms with Gasteiger partial charge in [-0.15, -0.1) is 10.2 Å². The number of nitrogens with one attached hydrogen (secondary N) is 2. The van der Waals surface area contributed by atoms with E-state index in [0.29, 0.717) is 17.9 Å². The number of rotatable bonds is 10. The average molecular weight is 609 g/mol. The fourth-order valence-electron chi connectivity index (χ4n) is 4.75. The Hall–Kier alpha value is -4.59. The maximum absolute atomic E-state index is 14.0. The third kappa shape index (κ3) is 7.25. The minimum Gasteiger partial charge on any atom is -0.310 e. The van der Waals surface area contributed by atoms with Crippen molar-refractivity contribution in [3.63, 3.8) is 0 Å². The number of hydrogen-bond donors (Lipinski definition) is 2. The highest BCUT2D eigenvalue weighted by atomic mass is 35.5. The Bertz CT molecular complexity index is 1560. The number of urea groups is 1. The van der Waals surface area contributed by atoms with E-state index in [-0.39, 0.29) is 49.4 Å². The van der Waals surface area contributed by atoms with Gasteiger partial charge in [-0.05, 0) is 35.3 Å². The molecule has 14 heteroatoms. The molecule has 1 atom stereocenters. The second-order valence-corrected chi connectivity index (χ2v) is 10.3. The maximum Gasteiger partial charge on any atom is 0.345 e. The Morgan fingerprint density at radius 2 is 1.93 bits per heavy atom. The molecule has 0 saturated carbocycles. The van der Waals surface area contributed by atoms with E-state index in [2.05, 4.69) is 21.1 Å². The van der Waals surface area contributed by atoms with Gasteiger partial charge < -0.3 is 4.90 Å². The molecule has 2 aromatic carbocycles. The molecule has 0 unspecified atom stereocenters. The second-order valence-electron chi connectivity index (χ2n) is 9.96. The fourth-order valence-corrected chi connectivity index (χ4v) is 4.94. The van der Waals surface area contributed by atoms with E-state index < -0.39 is 17.9 Å². The van der Waals surface area contributed by atoms with E-state index in [1.54, 1.807) is 35.6 Å². The molecule has 0 spiro atoms. The molecular weight excluding hydrogens is 579 g/mol. The van der Waals surface area contributed by atoms with Crippen molar-refractivity contribution < 1.29 is 23.6 Å². The molecule has 0 aliphatic carbocycles. The molecule has 12 nitrogen and oxygen atoms in total. The third-order valence-electron chi connectivity index (χ3n) is 7.08. The summed E-state index contributed by atoms with van der Waals surface area (Å²) in [5.41, 5.74) is 7.88. The van der Waals surface area contributed by atoms with Crippen LogP contribution in [0.25, 0.3) is 12.3 Å². The van der Waals surface area contributed by atoms with E-state index in [9.17, 15) is 18.8 Å². The van der Waals surface area contributed by atoms with Crippen LogP contribution in [0.1, 0.15) is 42.3 Å². The van der Waals surface area contributed by atoms with Gasteiger partial charge in [0.25, 0.3) is 0 Å². The van der Waals surface area contributed by atoms with Crippen molar-refractivity contribution in [3.8, 4) is 0 Å². The number of carbonyl (C=O) groups is 3. The molecule has 4 amide bonds. The molecule has 3 aromatic rings. The van der Waals surface area contributed by atoms with Gasteiger partial charge in [-0.3, -0.25) is 28.9 Å². The molecule has 2 aliphatic heterocycles. The predicted octanol–water partition coefficient (Wildman–Crippen LogP) is 3.67. The fraction of sp³-hybridized carbons (Fsp3) is 0.276. The van der Waals surface area contributed by atoms with E-state index >= 15 is 0 Å². The number of halogens is 2. The number of hydrazine groups is 1. The van der Waals surface area contributed by atoms with Gasteiger partial charge in [0.05, 0.1) is 30.8 Å². The summed E-state index contributed by atoms with van der Waals surface area (Å²) in [5.74, 6) is -0.537. The first-order chi connectivity index (χ1) is 20.8. The van der Waals surface area contributed by atoms with Crippen LogP contribution >= 0.6 is 11.6 Å². The highest BCUT2D eigenvalue weighted by molar-refractivity contribution is 6.31. The minimum absolute atomic E-state index is 0.0372. The van der Waals surface area contributed by atoms with Gasteiger partial charge in [0.1, 0.15) is 12.1 Å². The number of amides is 4. The van der Waals surface area contributed by atoms with Gasteiger partial charge in [0, 0.05) is 38.5 Å². The molecule has 2 aliphatic rings. The van der Waals surface area contributed by atoms with Crippen LogP contribution in [0.2, 0.25) is 5.02 Å². The number of fused-ring (bicyclic) bond motifs is 2. The van der Waals surface area contributed by atoms with Crippen LogP contribution in [0.15, 0.2) is 61.2 Å². The lowest BCUT2D eigenvalue weighted by Gasteiger charge is -2.32. The number of nitrogens with zero attached hydrogens (tertiary/aromatic N) is 6. The molecule has 224 valence electrons. The molecule has 1 aromatic heterocycles. The van der Waals surface area contributed by atoms with Crippen LogP contribution in [0, 0.1) is 5.82 Å². The zero-order valence-corrected chi connectivity index (χ0v) is 24.1.